The van der Waals surface area contributed by atoms with Gasteiger partial charge in [-0.2, -0.15) is 0 Å². The number of carbonyl (C=O) groups is 2. The summed E-state index contributed by atoms with van der Waals surface area (Å²) in [6, 6.07) is 4.75. The molecule has 210 valence electrons. The number of hydrogen-bond acceptors (Lipinski definition) is 5. The van der Waals surface area contributed by atoms with E-state index in [9.17, 15) is 36.3 Å². The molecule has 0 spiro atoms. The van der Waals surface area contributed by atoms with Gasteiger partial charge in [-0.3, -0.25) is 9.59 Å². The first-order chi connectivity index (χ1) is 18.2. The summed E-state index contributed by atoms with van der Waals surface area (Å²) in [7, 11) is -4.05. The highest BCUT2D eigenvalue weighted by Crippen LogP contribution is 2.57. The van der Waals surface area contributed by atoms with E-state index in [1.54, 1.807) is 0 Å². The molecule has 2 unspecified atom stereocenters. The number of anilines is 1. The van der Waals surface area contributed by atoms with Gasteiger partial charge in [-0.25, -0.2) is 21.6 Å². The number of halogens is 4. The molecule has 39 heavy (non-hydrogen) atoms. The van der Waals surface area contributed by atoms with E-state index >= 15 is 0 Å². The summed E-state index contributed by atoms with van der Waals surface area (Å²) in [5.74, 6) is -6.65. The smallest absolute Gasteiger partial charge is 0.255 e. The van der Waals surface area contributed by atoms with Crippen molar-refractivity contribution < 1.29 is 36.3 Å². The van der Waals surface area contributed by atoms with Crippen LogP contribution in [0, 0.1) is 29.3 Å². The van der Waals surface area contributed by atoms with Gasteiger partial charge < -0.3 is 15.7 Å². The molecule has 7 nitrogen and oxygen atoms in total. The minimum atomic E-state index is -4.05. The van der Waals surface area contributed by atoms with Gasteiger partial charge in [0.15, 0.2) is 27.3 Å². The lowest BCUT2D eigenvalue weighted by molar-refractivity contribution is -0.183. The zero-order valence-electron chi connectivity index (χ0n) is 21.2. The minimum Gasteiger partial charge on any atom is -0.389 e. The van der Waals surface area contributed by atoms with E-state index in [1.165, 1.54) is 12.1 Å². The number of sulfone groups is 1. The second-order valence-corrected chi connectivity index (χ2v) is 13.0. The third kappa shape index (κ3) is 5.85. The second-order valence-electron chi connectivity index (χ2n) is 10.4. The van der Waals surface area contributed by atoms with Crippen molar-refractivity contribution in [2.45, 2.75) is 55.3 Å². The van der Waals surface area contributed by atoms with Crippen LogP contribution in [0.25, 0.3) is 0 Å². The molecule has 3 N–H and O–H groups in total. The van der Waals surface area contributed by atoms with Crippen LogP contribution in [0.15, 0.2) is 46.9 Å². The molecule has 2 bridgehead atoms. The zero-order chi connectivity index (χ0) is 28.7. The Bertz CT molecular complexity index is 1420. The number of benzene rings is 2. The van der Waals surface area contributed by atoms with Gasteiger partial charge in [0.2, 0.25) is 5.91 Å². The molecular formula is C27H28ClF3N2O5S. The first-order valence-electron chi connectivity index (χ1n) is 12.3. The van der Waals surface area contributed by atoms with Crippen LogP contribution < -0.4 is 10.6 Å². The van der Waals surface area contributed by atoms with Gasteiger partial charge in [-0.1, -0.05) is 23.3 Å². The van der Waals surface area contributed by atoms with E-state index in [2.05, 4.69) is 10.6 Å². The maximum Gasteiger partial charge on any atom is 0.255 e. The number of hydrogen-bond donors (Lipinski definition) is 3. The molecule has 5 rings (SSSR count). The molecule has 3 aliphatic rings. The Hall–Kier alpha value is -2.89. The van der Waals surface area contributed by atoms with Gasteiger partial charge in [0.1, 0.15) is 0 Å². The van der Waals surface area contributed by atoms with Gasteiger partial charge in [-0.05, 0) is 63.1 Å². The first-order valence-corrected chi connectivity index (χ1v) is 14.3. The number of nitrogens with one attached hydrogen (secondary N) is 2. The Balaban J connectivity index is 1.47. The van der Waals surface area contributed by atoms with Crippen molar-refractivity contribution in [1.82, 2.24) is 5.32 Å². The van der Waals surface area contributed by atoms with Gasteiger partial charge in [0.05, 0.1) is 27.2 Å². The summed E-state index contributed by atoms with van der Waals surface area (Å²) in [5, 5.41) is 15.1. The summed E-state index contributed by atoms with van der Waals surface area (Å²) in [4.78, 5) is 24.8. The summed E-state index contributed by atoms with van der Waals surface area (Å²) in [5.41, 5.74) is -0.742. The molecule has 2 amide bonds. The Morgan fingerprint density at radius 3 is 2.28 bits per heavy atom. The molecule has 0 heterocycles. The summed E-state index contributed by atoms with van der Waals surface area (Å²) < 4.78 is 67.3. The van der Waals surface area contributed by atoms with Gasteiger partial charge in [0.25, 0.3) is 5.91 Å². The van der Waals surface area contributed by atoms with Crippen molar-refractivity contribution in [3.63, 3.8) is 0 Å². The van der Waals surface area contributed by atoms with Crippen LogP contribution in [0.1, 0.15) is 49.9 Å². The quantitative estimate of drug-likeness (QED) is 0.305. The summed E-state index contributed by atoms with van der Waals surface area (Å²) in [6.07, 6.45) is 2.58. The lowest BCUT2D eigenvalue weighted by Crippen LogP contribution is -2.63. The van der Waals surface area contributed by atoms with Crippen LogP contribution in [0.3, 0.4) is 0 Å². The highest BCUT2D eigenvalue weighted by atomic mass is 35.5. The Labute approximate surface area is 229 Å². The Kier molecular flexibility index (Phi) is 8.16. The lowest BCUT2D eigenvalue weighted by Gasteiger charge is -2.58. The molecule has 3 aliphatic carbocycles. The van der Waals surface area contributed by atoms with E-state index in [4.69, 9.17) is 11.6 Å². The number of aliphatic hydroxyl groups is 1. The number of amides is 2. The van der Waals surface area contributed by atoms with Crippen LogP contribution in [0.5, 0.6) is 0 Å². The molecule has 0 radical (unpaired) electrons. The molecule has 3 saturated carbocycles. The first kappa shape index (κ1) is 29.1. The third-order valence-electron chi connectivity index (χ3n) is 7.51. The van der Waals surface area contributed by atoms with Crippen LogP contribution >= 0.6 is 11.6 Å². The number of fused-ring (bicyclic) bond motifs is 2. The van der Waals surface area contributed by atoms with E-state index in [0.29, 0.717) is 25.1 Å². The molecule has 2 aromatic carbocycles. The SMILES string of the molecule is CC(C)=CCNC(=O)CC1(O)C2CC1CC(S(=O)(=O)c1cc(C(=O)Nc3cc(F)c(F)c(F)c3)ccc1Cl)C2. The molecule has 3 fully saturated rings. The predicted octanol–water partition coefficient (Wildman–Crippen LogP) is 4.79. The average Bonchev–Trinajstić information content (AvgIpc) is 2.87. The standard InChI is InChI=1S/C27H28ClF3N2O5S/c1-14(2)5-6-32-24(34)13-27(36)16-8-17(27)10-19(9-16)39(37,38)23-7-15(3-4-20(23)28)26(35)33-18-11-21(29)25(31)22(30)12-18/h3-5,7,11-12,16-17,19,36H,6,8-10,13H2,1-2H3,(H,32,34)(H,33,35). The third-order valence-corrected chi connectivity index (χ3v) is 10.2. The van der Waals surface area contributed by atoms with Crippen molar-refractivity contribution in [2.75, 3.05) is 11.9 Å². The molecule has 12 heteroatoms. The number of carbonyl (C=O) groups excluding carboxylic acids is 2. The molecule has 2 aromatic rings. The van der Waals surface area contributed by atoms with Gasteiger partial charge >= 0.3 is 0 Å². The normalized spacial score (nSPS) is 23.9. The fraction of sp³-hybridized carbons (Fsp3) is 0.407. The number of rotatable bonds is 8. The molecule has 0 saturated heterocycles. The molecular weight excluding hydrogens is 557 g/mol. The van der Waals surface area contributed by atoms with Crippen molar-refractivity contribution in [2.24, 2.45) is 11.8 Å². The fourth-order valence-electron chi connectivity index (χ4n) is 5.36. The van der Waals surface area contributed by atoms with E-state index in [1.807, 2.05) is 19.9 Å². The monoisotopic (exact) mass is 584 g/mol. The highest BCUT2D eigenvalue weighted by molar-refractivity contribution is 7.92. The maximum absolute atomic E-state index is 13.5. The second kappa shape index (κ2) is 10.9. The topological polar surface area (TPSA) is 113 Å². The molecule has 0 aliphatic heterocycles. The Morgan fingerprint density at radius 1 is 1.08 bits per heavy atom. The summed E-state index contributed by atoms with van der Waals surface area (Å²) in [6.45, 7) is 4.15. The van der Waals surface area contributed by atoms with Gasteiger partial charge in [-0.15, -0.1) is 0 Å². The fourth-order valence-corrected chi connectivity index (χ4v) is 7.76. The van der Waals surface area contributed by atoms with Crippen LogP contribution in [-0.4, -0.2) is 42.7 Å². The highest BCUT2D eigenvalue weighted by Gasteiger charge is 2.60. The van der Waals surface area contributed by atoms with Crippen LogP contribution in [-0.2, 0) is 14.6 Å². The average molecular weight is 585 g/mol. The summed E-state index contributed by atoms with van der Waals surface area (Å²) >= 11 is 6.21. The molecule has 2 atom stereocenters. The minimum absolute atomic E-state index is 0.112. The largest absolute Gasteiger partial charge is 0.389 e. The maximum atomic E-state index is 13.5. The van der Waals surface area contributed by atoms with Gasteiger partial charge in [0, 0.05) is 29.9 Å². The van der Waals surface area contributed by atoms with Crippen molar-refractivity contribution in [3.05, 3.63) is 70.0 Å². The number of allylic oxidation sites excluding steroid dienone is 1. The van der Waals surface area contributed by atoms with Crippen LogP contribution in [0.4, 0.5) is 18.9 Å². The van der Waals surface area contributed by atoms with Crippen molar-refractivity contribution in [1.29, 1.82) is 0 Å². The lowest BCUT2D eigenvalue weighted by atomic mass is 9.52. The molecule has 0 aromatic heterocycles. The van der Waals surface area contributed by atoms with Crippen molar-refractivity contribution >= 4 is 38.9 Å². The van der Waals surface area contributed by atoms with Crippen LogP contribution in [0.2, 0.25) is 5.02 Å². The zero-order valence-corrected chi connectivity index (χ0v) is 22.8. The van der Waals surface area contributed by atoms with Crippen molar-refractivity contribution in [3.8, 4) is 0 Å². The van der Waals surface area contributed by atoms with E-state index < -0.39 is 55.9 Å². The predicted molar refractivity (Wildman–Crippen MR) is 140 cm³/mol. The van der Waals surface area contributed by atoms with E-state index in [-0.39, 0.29) is 46.3 Å². The van der Waals surface area contributed by atoms with E-state index in [0.717, 1.165) is 11.6 Å². The Morgan fingerprint density at radius 2 is 1.69 bits per heavy atom.